The number of fused-ring (bicyclic) bond motifs is 1. The maximum absolute atomic E-state index is 12.4. The number of hydrogen-bond donors (Lipinski definition) is 2. The molecule has 0 radical (unpaired) electrons. The highest BCUT2D eigenvalue weighted by molar-refractivity contribution is 5.87. The smallest absolute Gasteiger partial charge is 0.228 e. The van der Waals surface area contributed by atoms with E-state index < -0.39 is 0 Å². The van der Waals surface area contributed by atoms with Crippen molar-refractivity contribution in [2.45, 2.75) is 63.5 Å². The third-order valence-electron chi connectivity index (χ3n) is 4.93. The van der Waals surface area contributed by atoms with Crippen LogP contribution in [0.1, 0.15) is 56.1 Å². The first-order valence-electron chi connectivity index (χ1n) is 8.39. The average molecular weight is 286 g/mol. The molecule has 1 amide bonds. The molecular weight excluding hydrogens is 260 g/mol. The molecule has 114 valence electrons. The number of rotatable bonds is 5. The largest absolute Gasteiger partial charge is 0.353 e. The maximum atomic E-state index is 12.4. The lowest BCUT2D eigenvalue weighted by Crippen LogP contribution is -2.45. The first-order valence-corrected chi connectivity index (χ1v) is 8.39. The Bertz CT molecular complexity index is 492. The normalized spacial score (nSPS) is 27.6. The highest BCUT2D eigenvalue weighted by Crippen LogP contribution is 2.35. The second-order valence-corrected chi connectivity index (χ2v) is 6.47. The molecule has 3 rings (SSSR count). The summed E-state index contributed by atoms with van der Waals surface area (Å²) in [7, 11) is 0. The summed E-state index contributed by atoms with van der Waals surface area (Å²) < 4.78 is 0. The molecule has 0 heterocycles. The lowest BCUT2D eigenvalue weighted by molar-refractivity contribution is -0.124. The molecule has 0 aliphatic heterocycles. The van der Waals surface area contributed by atoms with Crippen molar-refractivity contribution in [3.8, 4) is 0 Å². The van der Waals surface area contributed by atoms with Gasteiger partial charge < -0.3 is 10.6 Å². The zero-order chi connectivity index (χ0) is 14.7. The van der Waals surface area contributed by atoms with E-state index in [2.05, 4.69) is 35.8 Å². The fraction of sp³-hybridized carbons (Fsp3) is 0.611. The van der Waals surface area contributed by atoms with E-state index in [0.717, 1.165) is 25.8 Å². The van der Waals surface area contributed by atoms with Crippen LogP contribution in [0.15, 0.2) is 24.3 Å². The monoisotopic (exact) mass is 286 g/mol. The van der Waals surface area contributed by atoms with E-state index in [4.69, 9.17) is 0 Å². The lowest BCUT2D eigenvalue weighted by atomic mass is 9.77. The molecular formula is C18H26N2O. The fourth-order valence-corrected chi connectivity index (χ4v) is 3.58. The van der Waals surface area contributed by atoms with Crippen LogP contribution in [0, 0.1) is 0 Å². The van der Waals surface area contributed by atoms with Crippen LogP contribution in [0.4, 0.5) is 0 Å². The summed E-state index contributed by atoms with van der Waals surface area (Å²) in [5.74, 6) is 0.329. The molecule has 1 atom stereocenters. The topological polar surface area (TPSA) is 41.1 Å². The molecule has 3 nitrogen and oxygen atoms in total. The molecule has 1 unspecified atom stereocenters. The van der Waals surface area contributed by atoms with Gasteiger partial charge in [-0.25, -0.2) is 0 Å². The molecule has 2 aliphatic carbocycles. The van der Waals surface area contributed by atoms with Crippen LogP contribution in [0.25, 0.3) is 0 Å². The summed E-state index contributed by atoms with van der Waals surface area (Å²) in [5.41, 5.74) is 2.57. The van der Waals surface area contributed by atoms with E-state index in [1.54, 1.807) is 0 Å². The van der Waals surface area contributed by atoms with Gasteiger partial charge in [-0.1, -0.05) is 31.2 Å². The third kappa shape index (κ3) is 3.29. The predicted octanol–water partition coefficient (Wildman–Crippen LogP) is 2.75. The molecule has 0 saturated heterocycles. The molecule has 0 spiro atoms. The quantitative estimate of drug-likeness (QED) is 0.874. The second kappa shape index (κ2) is 6.61. The molecule has 0 bridgehead atoms. The van der Waals surface area contributed by atoms with Crippen molar-refractivity contribution in [2.24, 2.45) is 0 Å². The van der Waals surface area contributed by atoms with Crippen LogP contribution in [-0.2, 0) is 11.2 Å². The van der Waals surface area contributed by atoms with Crippen molar-refractivity contribution in [3.05, 3.63) is 35.4 Å². The molecule has 21 heavy (non-hydrogen) atoms. The van der Waals surface area contributed by atoms with Crippen molar-refractivity contribution in [1.82, 2.24) is 10.6 Å². The Morgan fingerprint density at radius 3 is 2.57 bits per heavy atom. The molecule has 1 aromatic carbocycles. The summed E-state index contributed by atoms with van der Waals surface area (Å²) in [5, 5.41) is 6.86. The van der Waals surface area contributed by atoms with Gasteiger partial charge in [0.15, 0.2) is 0 Å². The standard InChI is InChI=1S/C18H26N2O/c1-2-11-19-14-7-9-15(10-8-14)20-18(21)17-12-13-5-3-4-6-16(13)17/h3-6,14-15,17,19H,2,7-12H2,1H3,(H,20,21). The summed E-state index contributed by atoms with van der Waals surface area (Å²) in [6.45, 7) is 3.32. The van der Waals surface area contributed by atoms with E-state index in [1.807, 2.05) is 6.07 Å². The number of nitrogens with one attached hydrogen (secondary N) is 2. The zero-order valence-corrected chi connectivity index (χ0v) is 12.9. The van der Waals surface area contributed by atoms with Gasteiger partial charge in [-0.15, -0.1) is 0 Å². The van der Waals surface area contributed by atoms with Gasteiger partial charge in [-0.3, -0.25) is 4.79 Å². The molecule has 2 aliphatic rings. The Morgan fingerprint density at radius 1 is 1.14 bits per heavy atom. The van der Waals surface area contributed by atoms with Crippen LogP contribution in [0.5, 0.6) is 0 Å². The molecule has 1 aromatic rings. The number of amides is 1. The minimum atomic E-state index is 0.0946. The van der Waals surface area contributed by atoms with E-state index in [1.165, 1.54) is 30.4 Å². The van der Waals surface area contributed by atoms with Gasteiger partial charge in [0, 0.05) is 12.1 Å². The Balaban J connectivity index is 1.45. The molecule has 1 saturated carbocycles. The third-order valence-corrected chi connectivity index (χ3v) is 4.93. The van der Waals surface area contributed by atoms with Gasteiger partial charge in [-0.2, -0.15) is 0 Å². The highest BCUT2D eigenvalue weighted by atomic mass is 16.2. The lowest BCUT2D eigenvalue weighted by Gasteiger charge is -2.33. The SMILES string of the molecule is CCCNC1CCC(NC(=O)C2Cc3ccccc32)CC1. The summed E-state index contributed by atoms with van der Waals surface area (Å²) in [6, 6.07) is 9.34. The van der Waals surface area contributed by atoms with E-state index >= 15 is 0 Å². The van der Waals surface area contributed by atoms with Gasteiger partial charge in [0.25, 0.3) is 0 Å². The van der Waals surface area contributed by atoms with Crippen LogP contribution in [0.3, 0.4) is 0 Å². The molecule has 2 N–H and O–H groups in total. The number of benzene rings is 1. The number of hydrogen-bond acceptors (Lipinski definition) is 2. The second-order valence-electron chi connectivity index (χ2n) is 6.47. The van der Waals surface area contributed by atoms with Crippen molar-refractivity contribution in [2.75, 3.05) is 6.54 Å². The molecule has 3 heteroatoms. The average Bonchev–Trinajstić information content (AvgIpc) is 2.48. The van der Waals surface area contributed by atoms with Gasteiger partial charge in [0.1, 0.15) is 0 Å². The number of carbonyl (C=O) groups is 1. The van der Waals surface area contributed by atoms with Gasteiger partial charge in [-0.05, 0) is 56.2 Å². The highest BCUT2D eigenvalue weighted by Gasteiger charge is 2.33. The van der Waals surface area contributed by atoms with Crippen LogP contribution in [0.2, 0.25) is 0 Å². The first kappa shape index (κ1) is 14.6. The van der Waals surface area contributed by atoms with Crippen LogP contribution in [-0.4, -0.2) is 24.5 Å². The van der Waals surface area contributed by atoms with Crippen molar-refractivity contribution in [1.29, 1.82) is 0 Å². The first-order chi connectivity index (χ1) is 10.3. The van der Waals surface area contributed by atoms with Crippen LogP contribution >= 0.6 is 0 Å². The predicted molar refractivity (Wildman–Crippen MR) is 85.4 cm³/mol. The summed E-state index contributed by atoms with van der Waals surface area (Å²) in [6.07, 6.45) is 6.70. The molecule has 0 aromatic heterocycles. The Hall–Kier alpha value is -1.35. The van der Waals surface area contributed by atoms with Gasteiger partial charge in [0.05, 0.1) is 5.92 Å². The van der Waals surface area contributed by atoms with Gasteiger partial charge in [0.2, 0.25) is 5.91 Å². The van der Waals surface area contributed by atoms with Crippen molar-refractivity contribution >= 4 is 5.91 Å². The van der Waals surface area contributed by atoms with E-state index in [0.29, 0.717) is 12.1 Å². The minimum absolute atomic E-state index is 0.0946. The number of carbonyl (C=O) groups excluding carboxylic acids is 1. The van der Waals surface area contributed by atoms with E-state index in [9.17, 15) is 4.79 Å². The van der Waals surface area contributed by atoms with Gasteiger partial charge >= 0.3 is 0 Å². The Kier molecular flexibility index (Phi) is 4.59. The summed E-state index contributed by atoms with van der Waals surface area (Å²) in [4.78, 5) is 12.4. The zero-order valence-electron chi connectivity index (χ0n) is 12.9. The van der Waals surface area contributed by atoms with Crippen molar-refractivity contribution < 1.29 is 4.79 Å². The van der Waals surface area contributed by atoms with E-state index in [-0.39, 0.29) is 11.8 Å². The Labute approximate surface area is 127 Å². The molecule has 1 fully saturated rings. The maximum Gasteiger partial charge on any atom is 0.228 e. The fourth-order valence-electron chi connectivity index (χ4n) is 3.58. The summed E-state index contributed by atoms with van der Waals surface area (Å²) >= 11 is 0. The Morgan fingerprint density at radius 2 is 1.86 bits per heavy atom. The minimum Gasteiger partial charge on any atom is -0.353 e. The van der Waals surface area contributed by atoms with Crippen molar-refractivity contribution in [3.63, 3.8) is 0 Å². The van der Waals surface area contributed by atoms with Crippen LogP contribution < -0.4 is 10.6 Å².